The van der Waals surface area contributed by atoms with Gasteiger partial charge in [-0.05, 0) is 47.9 Å². The third-order valence-electron chi connectivity index (χ3n) is 5.61. The van der Waals surface area contributed by atoms with E-state index in [2.05, 4.69) is 27.5 Å². The number of halogens is 1. The van der Waals surface area contributed by atoms with Crippen molar-refractivity contribution in [2.75, 3.05) is 0 Å². The van der Waals surface area contributed by atoms with Crippen LogP contribution in [-0.2, 0) is 13.0 Å². The van der Waals surface area contributed by atoms with Crippen molar-refractivity contribution >= 4 is 22.5 Å². The molecule has 0 aliphatic carbocycles. The molecule has 2 N–H and O–H groups in total. The first-order valence-electron chi connectivity index (χ1n) is 10.6. The van der Waals surface area contributed by atoms with E-state index in [9.17, 15) is 14.0 Å². The van der Waals surface area contributed by atoms with Gasteiger partial charge in [0.2, 0.25) is 0 Å². The molecule has 164 valence electrons. The van der Waals surface area contributed by atoms with Crippen molar-refractivity contribution in [3.63, 3.8) is 0 Å². The Labute approximate surface area is 187 Å². The zero-order valence-electron chi connectivity index (χ0n) is 17.8. The first-order chi connectivity index (χ1) is 16.0. The summed E-state index contributed by atoms with van der Waals surface area (Å²) in [6.07, 6.45) is 0.959. The minimum Gasteiger partial charge on any atom is -0.348 e. The minimum atomic E-state index is -0.452. The van der Waals surface area contributed by atoms with Gasteiger partial charge in [-0.3, -0.25) is 9.59 Å². The molecule has 0 atom stereocenters. The molecule has 0 bridgehead atoms. The number of aryl methyl sites for hydroxylation is 1. The summed E-state index contributed by atoms with van der Waals surface area (Å²) in [6.45, 7) is 2.48. The van der Waals surface area contributed by atoms with Crippen LogP contribution in [0.2, 0.25) is 0 Å². The van der Waals surface area contributed by atoms with Crippen LogP contribution in [-0.4, -0.2) is 25.7 Å². The van der Waals surface area contributed by atoms with Gasteiger partial charge in [0.05, 0.1) is 10.9 Å². The monoisotopic (exact) mass is 441 g/mol. The Balaban J connectivity index is 1.50. The first-order valence-corrected chi connectivity index (χ1v) is 10.6. The molecule has 1 amide bonds. The van der Waals surface area contributed by atoms with Crippen LogP contribution in [0.5, 0.6) is 0 Å². The molecular weight excluding hydrogens is 421 g/mol. The number of nitrogens with one attached hydrogen (secondary N) is 2. The van der Waals surface area contributed by atoms with Crippen LogP contribution in [0, 0.1) is 5.82 Å². The smallest absolute Gasteiger partial charge is 0.281 e. The lowest BCUT2D eigenvalue weighted by Crippen LogP contribution is -2.23. The van der Waals surface area contributed by atoms with E-state index in [0.29, 0.717) is 34.3 Å². The van der Waals surface area contributed by atoms with E-state index in [0.717, 1.165) is 12.0 Å². The maximum atomic E-state index is 13.7. The van der Waals surface area contributed by atoms with E-state index in [1.807, 2.05) is 24.3 Å². The number of hydrogen-bond acceptors (Lipinski definition) is 4. The summed E-state index contributed by atoms with van der Waals surface area (Å²) < 4.78 is 15.2. The average molecular weight is 441 g/mol. The Hall–Kier alpha value is -4.33. The number of rotatable bonds is 5. The number of carbonyl (C=O) groups excluding carboxylic acids is 1. The molecule has 0 spiro atoms. The van der Waals surface area contributed by atoms with Gasteiger partial charge in [-0.1, -0.05) is 43.3 Å². The molecule has 7 nitrogen and oxygen atoms in total. The van der Waals surface area contributed by atoms with Gasteiger partial charge in [0, 0.05) is 17.7 Å². The van der Waals surface area contributed by atoms with Gasteiger partial charge in [-0.25, -0.2) is 14.1 Å². The highest BCUT2D eigenvalue weighted by atomic mass is 19.1. The lowest BCUT2D eigenvalue weighted by molar-refractivity contribution is 0.0951. The molecule has 2 heterocycles. The predicted molar refractivity (Wildman–Crippen MR) is 123 cm³/mol. The van der Waals surface area contributed by atoms with Crippen molar-refractivity contribution in [3.05, 3.63) is 99.6 Å². The van der Waals surface area contributed by atoms with Gasteiger partial charge < -0.3 is 5.32 Å². The normalized spacial score (nSPS) is 11.2. The summed E-state index contributed by atoms with van der Waals surface area (Å²) >= 11 is 0. The number of fused-ring (bicyclic) bond motifs is 3. The maximum absolute atomic E-state index is 13.7. The number of aromatic amines is 1. The SMILES string of the molecule is CCc1ccc(CNC(=O)c2ccc3c(=O)nc4c(-c5cccc(F)c5)n[nH]n4c3c2)cc1. The van der Waals surface area contributed by atoms with E-state index >= 15 is 0 Å². The number of carbonyl (C=O) groups is 1. The Bertz CT molecular complexity index is 1550. The van der Waals surface area contributed by atoms with Crippen molar-refractivity contribution in [1.29, 1.82) is 0 Å². The van der Waals surface area contributed by atoms with Crippen molar-refractivity contribution in [2.45, 2.75) is 19.9 Å². The van der Waals surface area contributed by atoms with Gasteiger partial charge >= 0.3 is 0 Å². The summed E-state index contributed by atoms with van der Waals surface area (Å²) in [4.78, 5) is 29.6. The predicted octanol–water partition coefficient (Wildman–Crippen LogP) is 3.87. The molecule has 3 aromatic carbocycles. The van der Waals surface area contributed by atoms with Gasteiger partial charge in [-0.15, -0.1) is 0 Å². The van der Waals surface area contributed by atoms with Crippen LogP contribution >= 0.6 is 0 Å². The molecule has 5 aromatic rings. The number of amides is 1. The summed E-state index contributed by atoms with van der Waals surface area (Å²) in [5.41, 5.74) is 3.73. The molecule has 0 saturated heterocycles. The third kappa shape index (κ3) is 3.87. The summed E-state index contributed by atoms with van der Waals surface area (Å²) in [5.74, 6) is -0.681. The summed E-state index contributed by atoms with van der Waals surface area (Å²) in [5, 5.41) is 10.3. The Morgan fingerprint density at radius 3 is 2.61 bits per heavy atom. The molecule has 0 unspecified atom stereocenters. The molecule has 2 aromatic heterocycles. The zero-order valence-corrected chi connectivity index (χ0v) is 17.8. The second-order valence-corrected chi connectivity index (χ2v) is 7.73. The largest absolute Gasteiger partial charge is 0.348 e. The quantitative estimate of drug-likeness (QED) is 0.433. The summed E-state index contributed by atoms with van der Waals surface area (Å²) in [7, 11) is 0. The van der Waals surface area contributed by atoms with E-state index in [-0.39, 0.29) is 11.6 Å². The van der Waals surface area contributed by atoms with Gasteiger partial charge in [0.1, 0.15) is 11.5 Å². The summed E-state index contributed by atoms with van der Waals surface area (Å²) in [6, 6.07) is 18.8. The zero-order chi connectivity index (χ0) is 22.9. The Morgan fingerprint density at radius 2 is 1.85 bits per heavy atom. The fourth-order valence-electron chi connectivity index (χ4n) is 3.78. The molecule has 0 aliphatic heterocycles. The second-order valence-electron chi connectivity index (χ2n) is 7.73. The number of nitrogens with zero attached hydrogens (tertiary/aromatic N) is 3. The van der Waals surface area contributed by atoms with Crippen molar-refractivity contribution in [3.8, 4) is 11.3 Å². The number of H-pyrrole nitrogens is 1. The molecule has 8 heteroatoms. The average Bonchev–Trinajstić information content (AvgIpc) is 3.26. The fourth-order valence-corrected chi connectivity index (χ4v) is 3.78. The van der Waals surface area contributed by atoms with E-state index in [1.165, 1.54) is 22.2 Å². The van der Waals surface area contributed by atoms with Crippen molar-refractivity contribution < 1.29 is 9.18 Å². The lowest BCUT2D eigenvalue weighted by Gasteiger charge is -2.08. The van der Waals surface area contributed by atoms with Gasteiger partial charge in [0.15, 0.2) is 5.65 Å². The maximum Gasteiger partial charge on any atom is 0.281 e. The second kappa shape index (κ2) is 8.31. The van der Waals surface area contributed by atoms with Crippen LogP contribution in [0.3, 0.4) is 0 Å². The van der Waals surface area contributed by atoms with Crippen LogP contribution in [0.4, 0.5) is 4.39 Å². The topological polar surface area (TPSA) is 92.2 Å². The lowest BCUT2D eigenvalue weighted by atomic mass is 10.1. The molecule has 0 fully saturated rings. The first kappa shape index (κ1) is 20.6. The van der Waals surface area contributed by atoms with E-state index in [1.54, 1.807) is 30.3 Å². The van der Waals surface area contributed by atoms with Crippen LogP contribution in [0.15, 0.2) is 71.5 Å². The number of hydrogen-bond donors (Lipinski definition) is 2. The highest BCUT2D eigenvalue weighted by Gasteiger charge is 2.16. The van der Waals surface area contributed by atoms with Crippen LogP contribution in [0.25, 0.3) is 27.8 Å². The highest BCUT2D eigenvalue weighted by molar-refractivity contribution is 5.98. The third-order valence-corrected chi connectivity index (χ3v) is 5.61. The molecule has 0 saturated carbocycles. The van der Waals surface area contributed by atoms with Crippen LogP contribution < -0.4 is 10.9 Å². The molecule has 0 radical (unpaired) electrons. The molecule has 5 rings (SSSR count). The molecule has 0 aliphatic rings. The standard InChI is InChI=1S/C25H20FN5O2/c1-2-15-6-8-16(9-7-15)14-27-24(32)18-10-11-20-21(13-18)31-23(28-25(20)33)22(29-30-31)17-4-3-5-19(26)12-17/h3-13,30H,2,14H2,1H3,(H,27,32). The molecular formula is C25H20FN5O2. The van der Waals surface area contributed by atoms with Gasteiger partial charge in [-0.2, -0.15) is 10.1 Å². The van der Waals surface area contributed by atoms with Crippen molar-refractivity contribution in [1.82, 2.24) is 25.1 Å². The van der Waals surface area contributed by atoms with Gasteiger partial charge in [0.25, 0.3) is 11.5 Å². The highest BCUT2D eigenvalue weighted by Crippen LogP contribution is 2.23. The van der Waals surface area contributed by atoms with E-state index < -0.39 is 11.4 Å². The minimum absolute atomic E-state index is 0.256. The Kier molecular flexibility index (Phi) is 5.18. The van der Waals surface area contributed by atoms with Crippen molar-refractivity contribution in [2.24, 2.45) is 0 Å². The number of benzene rings is 3. The van der Waals surface area contributed by atoms with Crippen LogP contribution in [0.1, 0.15) is 28.4 Å². The van der Waals surface area contributed by atoms with E-state index in [4.69, 9.17) is 0 Å². The fraction of sp³-hybridized carbons (Fsp3) is 0.120. The molecule has 33 heavy (non-hydrogen) atoms. The Morgan fingerprint density at radius 1 is 1.06 bits per heavy atom. The number of aromatic nitrogens is 4.